The highest BCUT2D eigenvalue weighted by molar-refractivity contribution is 5.65. The summed E-state index contributed by atoms with van der Waals surface area (Å²) in [7, 11) is 0. The summed E-state index contributed by atoms with van der Waals surface area (Å²) >= 11 is 0. The summed E-state index contributed by atoms with van der Waals surface area (Å²) in [4.78, 5) is 12.3. The minimum absolute atomic E-state index is 0.204. The minimum Gasteiger partial charge on any atom is -0.465 e. The normalized spacial score (nSPS) is 13.9. The number of carboxylic acid groups (broad SMARTS) is 1. The second-order valence-corrected chi connectivity index (χ2v) is 4.40. The molecule has 0 aromatic heterocycles. The summed E-state index contributed by atoms with van der Waals surface area (Å²) in [6.45, 7) is 8.59. The van der Waals surface area contributed by atoms with Crippen LogP contribution in [0.2, 0.25) is 0 Å². The molecule has 1 unspecified atom stereocenters. The van der Waals surface area contributed by atoms with Gasteiger partial charge in [0.2, 0.25) is 0 Å². The summed E-state index contributed by atoms with van der Waals surface area (Å²) < 4.78 is 0. The van der Waals surface area contributed by atoms with Gasteiger partial charge in [0.05, 0.1) is 0 Å². The Morgan fingerprint density at radius 3 is 2.23 bits per heavy atom. The molecule has 3 N–H and O–H groups in total. The molecule has 0 radical (unpaired) electrons. The molecule has 4 heteroatoms. The Morgan fingerprint density at radius 1 is 1.54 bits per heavy atom. The predicted octanol–water partition coefficient (Wildman–Crippen LogP) is 1.36. The lowest BCUT2D eigenvalue weighted by Gasteiger charge is -2.34. The van der Waals surface area contributed by atoms with Crippen molar-refractivity contribution < 1.29 is 9.90 Å². The van der Waals surface area contributed by atoms with Crippen molar-refractivity contribution in [1.82, 2.24) is 4.90 Å². The molecular formula is C9H20N2O2. The molecule has 0 rings (SSSR count). The molecule has 0 saturated carbocycles. The van der Waals surface area contributed by atoms with Crippen LogP contribution in [0.5, 0.6) is 0 Å². The van der Waals surface area contributed by atoms with Gasteiger partial charge >= 0.3 is 6.09 Å². The van der Waals surface area contributed by atoms with E-state index in [0.717, 1.165) is 0 Å². The van der Waals surface area contributed by atoms with Gasteiger partial charge in [0.25, 0.3) is 0 Å². The van der Waals surface area contributed by atoms with Gasteiger partial charge in [-0.15, -0.1) is 0 Å². The molecule has 4 nitrogen and oxygen atoms in total. The van der Waals surface area contributed by atoms with E-state index < -0.39 is 6.09 Å². The highest BCUT2D eigenvalue weighted by atomic mass is 16.4. The third-order valence-corrected chi connectivity index (χ3v) is 1.94. The molecule has 0 aliphatic rings. The van der Waals surface area contributed by atoms with Gasteiger partial charge in [-0.2, -0.15) is 0 Å². The first-order valence-electron chi connectivity index (χ1n) is 4.49. The van der Waals surface area contributed by atoms with Crippen LogP contribution in [-0.2, 0) is 0 Å². The first-order valence-corrected chi connectivity index (χ1v) is 4.49. The number of hydrogen-bond acceptors (Lipinski definition) is 2. The molecule has 0 bridgehead atoms. The van der Waals surface area contributed by atoms with E-state index in [9.17, 15) is 4.79 Å². The molecule has 0 aliphatic carbocycles. The first kappa shape index (κ1) is 12.2. The smallest absolute Gasteiger partial charge is 0.407 e. The van der Waals surface area contributed by atoms with Crippen LogP contribution in [0.1, 0.15) is 27.7 Å². The standard InChI is InChI=1S/C9H20N2O2/c1-7(5-10)6-11(8(12)13)9(2,3)4/h7H,5-6,10H2,1-4H3,(H,12,13). The highest BCUT2D eigenvalue weighted by Gasteiger charge is 2.26. The van der Waals surface area contributed by atoms with Gasteiger partial charge in [0, 0.05) is 12.1 Å². The summed E-state index contributed by atoms with van der Waals surface area (Å²) in [5.74, 6) is 0.204. The average molecular weight is 188 g/mol. The van der Waals surface area contributed by atoms with Crippen LogP contribution >= 0.6 is 0 Å². The average Bonchev–Trinajstić information content (AvgIpc) is 1.96. The van der Waals surface area contributed by atoms with Gasteiger partial charge < -0.3 is 15.7 Å². The van der Waals surface area contributed by atoms with E-state index in [4.69, 9.17) is 10.8 Å². The van der Waals surface area contributed by atoms with Crippen LogP contribution in [-0.4, -0.2) is 34.7 Å². The van der Waals surface area contributed by atoms with E-state index in [1.54, 1.807) is 0 Å². The molecule has 0 aromatic rings. The number of amides is 1. The first-order chi connectivity index (χ1) is 5.79. The van der Waals surface area contributed by atoms with Crippen molar-refractivity contribution in [1.29, 1.82) is 0 Å². The van der Waals surface area contributed by atoms with Crippen molar-refractivity contribution in [2.75, 3.05) is 13.1 Å². The Balaban J connectivity index is 4.37. The molecule has 78 valence electrons. The maximum atomic E-state index is 10.9. The van der Waals surface area contributed by atoms with E-state index >= 15 is 0 Å². The largest absolute Gasteiger partial charge is 0.465 e. The topological polar surface area (TPSA) is 66.6 Å². The molecule has 0 aliphatic heterocycles. The Bertz CT molecular complexity index is 175. The Hall–Kier alpha value is -0.770. The van der Waals surface area contributed by atoms with Crippen LogP contribution in [0.15, 0.2) is 0 Å². The lowest BCUT2D eigenvalue weighted by molar-refractivity contribution is 0.0914. The van der Waals surface area contributed by atoms with Gasteiger partial charge in [-0.3, -0.25) is 0 Å². The summed E-state index contributed by atoms with van der Waals surface area (Å²) in [5, 5.41) is 8.94. The number of carbonyl (C=O) groups is 1. The van der Waals surface area contributed by atoms with Crippen molar-refractivity contribution in [3.05, 3.63) is 0 Å². The van der Waals surface area contributed by atoms with Crippen molar-refractivity contribution in [2.24, 2.45) is 11.7 Å². The monoisotopic (exact) mass is 188 g/mol. The fourth-order valence-electron chi connectivity index (χ4n) is 1.03. The Morgan fingerprint density at radius 2 is 2.00 bits per heavy atom. The van der Waals surface area contributed by atoms with E-state index in [2.05, 4.69) is 0 Å². The van der Waals surface area contributed by atoms with Gasteiger partial charge in [-0.05, 0) is 33.2 Å². The van der Waals surface area contributed by atoms with Gasteiger partial charge in [0.15, 0.2) is 0 Å². The van der Waals surface area contributed by atoms with Crippen LogP contribution in [0.25, 0.3) is 0 Å². The molecule has 0 aromatic carbocycles. The zero-order chi connectivity index (χ0) is 10.6. The van der Waals surface area contributed by atoms with E-state index in [1.165, 1.54) is 4.90 Å². The lowest BCUT2D eigenvalue weighted by atomic mass is 10.0. The van der Waals surface area contributed by atoms with Crippen molar-refractivity contribution in [2.45, 2.75) is 33.2 Å². The molecule has 0 fully saturated rings. The SMILES string of the molecule is CC(CN)CN(C(=O)O)C(C)(C)C. The van der Waals surface area contributed by atoms with Crippen molar-refractivity contribution in [3.63, 3.8) is 0 Å². The van der Waals surface area contributed by atoms with E-state index in [0.29, 0.717) is 13.1 Å². The molecule has 13 heavy (non-hydrogen) atoms. The van der Waals surface area contributed by atoms with Crippen LogP contribution < -0.4 is 5.73 Å². The third-order valence-electron chi connectivity index (χ3n) is 1.94. The van der Waals surface area contributed by atoms with Crippen LogP contribution in [0, 0.1) is 5.92 Å². The van der Waals surface area contributed by atoms with Gasteiger partial charge in [-0.1, -0.05) is 6.92 Å². The Labute approximate surface area is 79.7 Å². The quantitative estimate of drug-likeness (QED) is 0.702. The van der Waals surface area contributed by atoms with Crippen molar-refractivity contribution in [3.8, 4) is 0 Å². The van der Waals surface area contributed by atoms with E-state index in [1.807, 2.05) is 27.7 Å². The van der Waals surface area contributed by atoms with Crippen LogP contribution in [0.4, 0.5) is 4.79 Å². The second kappa shape index (κ2) is 4.46. The number of nitrogens with two attached hydrogens (primary N) is 1. The molecule has 0 spiro atoms. The highest BCUT2D eigenvalue weighted by Crippen LogP contribution is 2.15. The zero-order valence-electron chi connectivity index (χ0n) is 8.87. The fourth-order valence-corrected chi connectivity index (χ4v) is 1.03. The fraction of sp³-hybridized carbons (Fsp3) is 0.889. The zero-order valence-corrected chi connectivity index (χ0v) is 8.87. The molecule has 0 heterocycles. The molecule has 1 atom stereocenters. The number of nitrogens with zero attached hydrogens (tertiary/aromatic N) is 1. The second-order valence-electron chi connectivity index (χ2n) is 4.40. The lowest BCUT2D eigenvalue weighted by Crippen LogP contribution is -2.47. The predicted molar refractivity (Wildman–Crippen MR) is 52.7 cm³/mol. The minimum atomic E-state index is -0.882. The summed E-state index contributed by atoms with van der Waals surface area (Å²) in [6.07, 6.45) is -0.882. The maximum Gasteiger partial charge on any atom is 0.407 e. The van der Waals surface area contributed by atoms with Crippen molar-refractivity contribution >= 4 is 6.09 Å². The molecule has 0 saturated heterocycles. The molecule has 1 amide bonds. The third kappa shape index (κ3) is 4.12. The van der Waals surface area contributed by atoms with Gasteiger partial charge in [-0.25, -0.2) is 4.79 Å². The van der Waals surface area contributed by atoms with E-state index in [-0.39, 0.29) is 11.5 Å². The number of hydrogen-bond donors (Lipinski definition) is 2. The summed E-state index contributed by atoms with van der Waals surface area (Å²) in [6, 6.07) is 0. The number of rotatable bonds is 3. The van der Waals surface area contributed by atoms with Gasteiger partial charge in [0.1, 0.15) is 0 Å². The summed E-state index contributed by atoms with van der Waals surface area (Å²) in [5.41, 5.74) is 5.09. The Kier molecular flexibility index (Phi) is 4.20. The maximum absolute atomic E-state index is 10.9. The van der Waals surface area contributed by atoms with Crippen LogP contribution in [0.3, 0.4) is 0 Å². The molecular weight excluding hydrogens is 168 g/mol.